The number of alkyl halides is 1. The topological polar surface area (TPSA) is 25.8 Å². The maximum atomic E-state index is 5.58. The van der Waals surface area contributed by atoms with Gasteiger partial charge in [0.2, 0.25) is 0 Å². The maximum absolute atomic E-state index is 5.58. The summed E-state index contributed by atoms with van der Waals surface area (Å²) in [7, 11) is 0. The van der Waals surface area contributed by atoms with Crippen molar-refractivity contribution in [3.8, 4) is 0 Å². The summed E-state index contributed by atoms with van der Waals surface area (Å²) in [6.45, 7) is 2.17. The van der Waals surface area contributed by atoms with Crippen molar-refractivity contribution in [2.45, 2.75) is 32.1 Å². The van der Waals surface area contributed by atoms with E-state index in [9.17, 15) is 0 Å². The summed E-state index contributed by atoms with van der Waals surface area (Å²) in [4.78, 5) is 0. The molecule has 0 saturated heterocycles. The van der Waals surface area contributed by atoms with Crippen molar-refractivity contribution >= 4 is 22.9 Å². The minimum absolute atomic E-state index is 0.490. The molecule has 0 aliphatic rings. The molecule has 0 atom stereocenters. The van der Waals surface area contributed by atoms with E-state index in [1.54, 1.807) is 11.3 Å². The predicted octanol–water partition coefficient (Wildman–Crippen LogP) is 2.62. The molecule has 0 spiro atoms. The molecule has 0 amide bonds. The first kappa shape index (κ1) is 8.94. The average molecular weight is 191 g/mol. The molecule has 0 aliphatic carbocycles. The Kier molecular flexibility index (Phi) is 3.80. The van der Waals surface area contributed by atoms with Crippen molar-refractivity contribution in [2.24, 2.45) is 0 Å². The zero-order valence-electron chi connectivity index (χ0n) is 6.51. The number of aryl methyl sites for hydroxylation is 1. The Hall–Kier alpha value is -0.150. The first-order valence-corrected chi connectivity index (χ1v) is 5.09. The van der Waals surface area contributed by atoms with E-state index < -0.39 is 0 Å². The van der Waals surface area contributed by atoms with Crippen molar-refractivity contribution < 1.29 is 0 Å². The second-order valence-electron chi connectivity index (χ2n) is 2.33. The van der Waals surface area contributed by atoms with E-state index in [1.807, 2.05) is 0 Å². The maximum Gasteiger partial charge on any atom is 0.132 e. The number of unbranched alkanes of at least 4 members (excludes halogenated alkanes) is 1. The molecular weight excluding hydrogens is 180 g/mol. The molecule has 4 heteroatoms. The first-order chi connectivity index (χ1) is 5.36. The summed E-state index contributed by atoms with van der Waals surface area (Å²) in [5.74, 6) is 0.490. The van der Waals surface area contributed by atoms with Gasteiger partial charge in [0, 0.05) is 6.42 Å². The molecular formula is C7H11ClN2S. The van der Waals surface area contributed by atoms with Crippen LogP contribution in [0.3, 0.4) is 0 Å². The highest BCUT2D eigenvalue weighted by Crippen LogP contribution is 2.13. The summed E-state index contributed by atoms with van der Waals surface area (Å²) >= 11 is 7.20. The fraction of sp³-hybridized carbons (Fsp3) is 0.714. The molecule has 0 saturated carbocycles. The molecule has 2 nitrogen and oxygen atoms in total. The molecule has 62 valence electrons. The highest BCUT2D eigenvalue weighted by Gasteiger charge is 2.00. The van der Waals surface area contributed by atoms with E-state index in [2.05, 4.69) is 17.1 Å². The fourth-order valence-corrected chi connectivity index (χ4v) is 1.72. The molecule has 1 heterocycles. The third kappa shape index (κ3) is 2.75. The van der Waals surface area contributed by atoms with Crippen molar-refractivity contribution in [3.63, 3.8) is 0 Å². The zero-order valence-corrected chi connectivity index (χ0v) is 8.08. The van der Waals surface area contributed by atoms with E-state index in [0.717, 1.165) is 16.4 Å². The molecule has 0 fully saturated rings. The van der Waals surface area contributed by atoms with Crippen LogP contribution in [0.4, 0.5) is 0 Å². The van der Waals surface area contributed by atoms with Crippen LogP contribution < -0.4 is 0 Å². The molecule has 0 unspecified atom stereocenters. The van der Waals surface area contributed by atoms with Crippen LogP contribution in [-0.2, 0) is 12.3 Å². The normalized spacial score (nSPS) is 10.4. The molecule has 11 heavy (non-hydrogen) atoms. The van der Waals surface area contributed by atoms with Gasteiger partial charge < -0.3 is 0 Å². The number of hydrogen-bond acceptors (Lipinski definition) is 3. The monoisotopic (exact) mass is 190 g/mol. The summed E-state index contributed by atoms with van der Waals surface area (Å²) in [5.41, 5.74) is 0. The highest BCUT2D eigenvalue weighted by atomic mass is 35.5. The minimum atomic E-state index is 0.490. The minimum Gasteiger partial charge on any atom is -0.144 e. The van der Waals surface area contributed by atoms with Crippen LogP contribution in [0.25, 0.3) is 0 Å². The van der Waals surface area contributed by atoms with Crippen molar-refractivity contribution in [1.82, 2.24) is 10.2 Å². The van der Waals surface area contributed by atoms with E-state index >= 15 is 0 Å². The second kappa shape index (κ2) is 4.67. The van der Waals surface area contributed by atoms with Crippen molar-refractivity contribution in [1.29, 1.82) is 0 Å². The summed E-state index contributed by atoms with van der Waals surface area (Å²) < 4.78 is 0. The van der Waals surface area contributed by atoms with Gasteiger partial charge in [-0.05, 0) is 6.42 Å². The van der Waals surface area contributed by atoms with Crippen LogP contribution in [0.5, 0.6) is 0 Å². The summed E-state index contributed by atoms with van der Waals surface area (Å²) in [5, 5.41) is 9.97. The molecule has 0 aliphatic heterocycles. The van der Waals surface area contributed by atoms with Crippen molar-refractivity contribution in [3.05, 3.63) is 10.0 Å². The number of rotatable bonds is 4. The van der Waals surface area contributed by atoms with Crippen LogP contribution >= 0.6 is 22.9 Å². The van der Waals surface area contributed by atoms with E-state index in [-0.39, 0.29) is 0 Å². The standard InChI is InChI=1S/C7H11ClN2S/c1-2-3-4-6-9-10-7(5-8)11-6/h2-5H2,1H3. The third-order valence-corrected chi connectivity index (χ3v) is 2.76. The number of aromatic nitrogens is 2. The lowest BCUT2D eigenvalue weighted by Gasteiger charge is -1.88. The molecule has 0 radical (unpaired) electrons. The van der Waals surface area contributed by atoms with Crippen LogP contribution in [0.1, 0.15) is 29.8 Å². The van der Waals surface area contributed by atoms with Gasteiger partial charge in [-0.1, -0.05) is 13.3 Å². The summed E-state index contributed by atoms with van der Waals surface area (Å²) in [6.07, 6.45) is 3.44. The molecule has 0 aromatic carbocycles. The Morgan fingerprint density at radius 3 is 2.64 bits per heavy atom. The van der Waals surface area contributed by atoms with Crippen molar-refractivity contribution in [2.75, 3.05) is 0 Å². The van der Waals surface area contributed by atoms with Crippen LogP contribution in [-0.4, -0.2) is 10.2 Å². The SMILES string of the molecule is CCCCc1nnc(CCl)s1. The largest absolute Gasteiger partial charge is 0.144 e. The lowest BCUT2D eigenvalue weighted by atomic mass is 10.3. The molecule has 0 bridgehead atoms. The Morgan fingerprint density at radius 1 is 1.36 bits per heavy atom. The number of nitrogens with zero attached hydrogens (tertiary/aromatic N) is 2. The smallest absolute Gasteiger partial charge is 0.132 e. The van der Waals surface area contributed by atoms with Gasteiger partial charge in [0.15, 0.2) is 0 Å². The summed E-state index contributed by atoms with van der Waals surface area (Å²) in [6, 6.07) is 0. The Balaban J connectivity index is 2.44. The van der Waals surface area contributed by atoms with Crippen LogP contribution in [0, 0.1) is 0 Å². The molecule has 1 rings (SSSR count). The lowest BCUT2D eigenvalue weighted by Crippen LogP contribution is -1.82. The Bertz CT molecular complexity index is 212. The van der Waals surface area contributed by atoms with Gasteiger partial charge in [0.25, 0.3) is 0 Å². The van der Waals surface area contributed by atoms with Gasteiger partial charge in [0.1, 0.15) is 10.0 Å². The highest BCUT2D eigenvalue weighted by molar-refractivity contribution is 7.11. The van der Waals surface area contributed by atoms with Gasteiger partial charge in [-0.15, -0.1) is 33.1 Å². The fourth-order valence-electron chi connectivity index (χ4n) is 0.771. The number of halogens is 1. The van der Waals surface area contributed by atoms with E-state index in [4.69, 9.17) is 11.6 Å². The van der Waals surface area contributed by atoms with Gasteiger partial charge in [-0.2, -0.15) is 0 Å². The number of hydrogen-bond donors (Lipinski definition) is 0. The van der Waals surface area contributed by atoms with E-state index in [0.29, 0.717) is 5.88 Å². The van der Waals surface area contributed by atoms with Crippen LogP contribution in [0.15, 0.2) is 0 Å². The van der Waals surface area contributed by atoms with Gasteiger partial charge >= 0.3 is 0 Å². The predicted molar refractivity (Wildman–Crippen MR) is 48.1 cm³/mol. The van der Waals surface area contributed by atoms with Crippen LogP contribution in [0.2, 0.25) is 0 Å². The molecule has 0 N–H and O–H groups in total. The Labute approximate surface area is 75.6 Å². The third-order valence-electron chi connectivity index (χ3n) is 1.37. The molecule has 1 aromatic heterocycles. The second-order valence-corrected chi connectivity index (χ2v) is 3.74. The molecule has 1 aromatic rings. The average Bonchev–Trinajstić information content (AvgIpc) is 2.48. The Morgan fingerprint density at radius 2 is 2.09 bits per heavy atom. The van der Waals surface area contributed by atoms with Gasteiger partial charge in [-0.3, -0.25) is 0 Å². The lowest BCUT2D eigenvalue weighted by molar-refractivity contribution is 0.778. The zero-order chi connectivity index (χ0) is 8.10. The van der Waals surface area contributed by atoms with Gasteiger partial charge in [-0.25, -0.2) is 0 Å². The van der Waals surface area contributed by atoms with Gasteiger partial charge in [0.05, 0.1) is 5.88 Å². The van der Waals surface area contributed by atoms with E-state index in [1.165, 1.54) is 12.8 Å². The first-order valence-electron chi connectivity index (χ1n) is 3.74. The quantitative estimate of drug-likeness (QED) is 0.683.